The summed E-state index contributed by atoms with van der Waals surface area (Å²) in [5, 5.41) is 13.2. The molecule has 1 N–H and O–H groups in total. The van der Waals surface area contributed by atoms with Gasteiger partial charge in [-0.2, -0.15) is 0 Å². The van der Waals surface area contributed by atoms with Gasteiger partial charge in [0.25, 0.3) is 5.69 Å². The zero-order chi connectivity index (χ0) is 13.0. The normalized spacial score (nSPS) is 12.2. The SMILES string of the molecule is COC(C)CNc1cc(F)c(Cl)cc1[N+](=O)[O-]. The predicted molar refractivity (Wildman–Crippen MR) is 63.0 cm³/mol. The Balaban J connectivity index is 2.96. The topological polar surface area (TPSA) is 64.4 Å². The Bertz CT molecular complexity index is 428. The van der Waals surface area contributed by atoms with Gasteiger partial charge in [0.2, 0.25) is 0 Å². The van der Waals surface area contributed by atoms with Crippen LogP contribution in [0, 0.1) is 15.9 Å². The van der Waals surface area contributed by atoms with E-state index in [-0.39, 0.29) is 22.5 Å². The molecule has 94 valence electrons. The fourth-order valence-corrected chi connectivity index (χ4v) is 1.32. The van der Waals surface area contributed by atoms with Crippen molar-refractivity contribution < 1.29 is 14.1 Å². The van der Waals surface area contributed by atoms with Gasteiger partial charge in [0.1, 0.15) is 11.5 Å². The highest BCUT2D eigenvalue weighted by Gasteiger charge is 2.17. The van der Waals surface area contributed by atoms with E-state index >= 15 is 0 Å². The predicted octanol–water partition coefficient (Wildman–Crippen LogP) is 2.83. The number of nitrogens with one attached hydrogen (secondary N) is 1. The van der Waals surface area contributed by atoms with E-state index in [2.05, 4.69) is 5.32 Å². The first kappa shape index (κ1) is 13.7. The largest absolute Gasteiger partial charge is 0.380 e. The summed E-state index contributed by atoms with van der Waals surface area (Å²) >= 11 is 5.49. The second-order valence-corrected chi connectivity index (χ2v) is 3.87. The van der Waals surface area contributed by atoms with Crippen LogP contribution in [0.1, 0.15) is 6.92 Å². The van der Waals surface area contributed by atoms with Crippen LogP contribution in [0.3, 0.4) is 0 Å². The molecule has 0 aliphatic rings. The number of nitrogens with zero attached hydrogens (tertiary/aromatic N) is 1. The standard InChI is InChI=1S/C10H12ClFN2O3/c1-6(17-2)5-13-9-4-8(12)7(11)3-10(9)14(15)16/h3-4,6,13H,5H2,1-2H3. The van der Waals surface area contributed by atoms with Crippen LogP contribution in [0.15, 0.2) is 12.1 Å². The van der Waals surface area contributed by atoms with Crippen LogP contribution in [0.2, 0.25) is 5.02 Å². The molecule has 1 aromatic carbocycles. The first-order chi connectivity index (χ1) is 7.95. The van der Waals surface area contributed by atoms with Crippen LogP contribution in [0.5, 0.6) is 0 Å². The van der Waals surface area contributed by atoms with Gasteiger partial charge in [-0.1, -0.05) is 11.6 Å². The third-order valence-corrected chi connectivity index (χ3v) is 2.51. The summed E-state index contributed by atoms with van der Waals surface area (Å²) in [5.41, 5.74) is -0.180. The van der Waals surface area contributed by atoms with Gasteiger partial charge in [0, 0.05) is 25.8 Å². The van der Waals surface area contributed by atoms with Gasteiger partial charge in [-0.3, -0.25) is 10.1 Å². The fourth-order valence-electron chi connectivity index (χ4n) is 1.17. The molecule has 0 aliphatic heterocycles. The van der Waals surface area contributed by atoms with Crippen molar-refractivity contribution in [3.8, 4) is 0 Å². The highest BCUT2D eigenvalue weighted by Crippen LogP contribution is 2.30. The molecule has 0 bridgehead atoms. The number of methoxy groups -OCH3 is 1. The van der Waals surface area contributed by atoms with Crippen molar-refractivity contribution in [3.05, 3.63) is 33.1 Å². The second-order valence-electron chi connectivity index (χ2n) is 3.47. The molecule has 0 amide bonds. The van der Waals surface area contributed by atoms with Gasteiger partial charge < -0.3 is 10.1 Å². The van der Waals surface area contributed by atoms with Crippen molar-refractivity contribution in [2.75, 3.05) is 19.0 Å². The third kappa shape index (κ3) is 3.54. The summed E-state index contributed by atoms with van der Waals surface area (Å²) in [6.07, 6.45) is -0.145. The lowest BCUT2D eigenvalue weighted by atomic mass is 10.2. The zero-order valence-electron chi connectivity index (χ0n) is 9.37. The lowest BCUT2D eigenvalue weighted by Crippen LogP contribution is -2.18. The smallest absolute Gasteiger partial charge is 0.294 e. The number of hydrogen-bond donors (Lipinski definition) is 1. The van der Waals surface area contributed by atoms with Crippen molar-refractivity contribution in [1.82, 2.24) is 0 Å². The average Bonchev–Trinajstić information content (AvgIpc) is 2.29. The molecule has 0 aromatic heterocycles. The van der Waals surface area contributed by atoms with Gasteiger partial charge in [-0.05, 0) is 6.92 Å². The van der Waals surface area contributed by atoms with Gasteiger partial charge in [0.15, 0.2) is 0 Å². The van der Waals surface area contributed by atoms with Crippen molar-refractivity contribution in [2.24, 2.45) is 0 Å². The van der Waals surface area contributed by atoms with Gasteiger partial charge in [-0.15, -0.1) is 0 Å². The Hall–Kier alpha value is -1.40. The van der Waals surface area contributed by atoms with Crippen LogP contribution in [0.4, 0.5) is 15.8 Å². The monoisotopic (exact) mass is 262 g/mol. The molecule has 0 spiro atoms. The highest BCUT2D eigenvalue weighted by molar-refractivity contribution is 6.31. The second kappa shape index (κ2) is 5.79. The minimum atomic E-state index is -0.704. The molecule has 0 radical (unpaired) electrons. The van der Waals surface area contributed by atoms with E-state index in [1.54, 1.807) is 6.92 Å². The number of anilines is 1. The summed E-state index contributed by atoms with van der Waals surface area (Å²) in [7, 11) is 1.52. The quantitative estimate of drug-likeness (QED) is 0.655. The molecule has 1 atom stereocenters. The Kier molecular flexibility index (Phi) is 4.65. The summed E-state index contributed by atoms with van der Waals surface area (Å²) < 4.78 is 18.2. The molecule has 5 nitrogen and oxygen atoms in total. The maximum atomic E-state index is 13.2. The molecule has 17 heavy (non-hydrogen) atoms. The van der Waals surface area contributed by atoms with Gasteiger partial charge in [0.05, 0.1) is 16.0 Å². The number of nitro benzene ring substituents is 1. The number of ether oxygens (including phenoxy) is 1. The van der Waals surface area contributed by atoms with Crippen LogP contribution in [0.25, 0.3) is 0 Å². The van der Waals surface area contributed by atoms with Crippen LogP contribution in [-0.2, 0) is 4.74 Å². The van der Waals surface area contributed by atoms with E-state index in [9.17, 15) is 14.5 Å². The van der Waals surface area contributed by atoms with Gasteiger partial charge >= 0.3 is 0 Å². The van der Waals surface area contributed by atoms with E-state index in [1.807, 2.05) is 0 Å². The zero-order valence-corrected chi connectivity index (χ0v) is 10.1. The van der Waals surface area contributed by atoms with E-state index in [4.69, 9.17) is 16.3 Å². The minimum absolute atomic E-state index is 0.0841. The highest BCUT2D eigenvalue weighted by atomic mass is 35.5. The van der Waals surface area contributed by atoms with E-state index in [0.717, 1.165) is 12.1 Å². The Morgan fingerprint density at radius 3 is 2.82 bits per heavy atom. The number of rotatable bonds is 5. The maximum Gasteiger partial charge on any atom is 0.294 e. The number of nitro groups is 1. The first-order valence-corrected chi connectivity index (χ1v) is 5.23. The van der Waals surface area contributed by atoms with Crippen LogP contribution >= 0.6 is 11.6 Å². The average molecular weight is 263 g/mol. The summed E-state index contributed by atoms with van der Waals surface area (Å²) in [6, 6.07) is 1.99. The molecule has 0 saturated carbocycles. The molecule has 0 saturated heterocycles. The Labute approximate surface area is 103 Å². The molecule has 7 heteroatoms. The lowest BCUT2D eigenvalue weighted by Gasteiger charge is -2.12. The van der Waals surface area contributed by atoms with Crippen LogP contribution < -0.4 is 5.32 Å². The lowest BCUT2D eigenvalue weighted by molar-refractivity contribution is -0.384. The molecule has 1 rings (SSSR count). The number of benzene rings is 1. The Morgan fingerprint density at radius 2 is 2.29 bits per heavy atom. The Morgan fingerprint density at radius 1 is 1.65 bits per heavy atom. The summed E-state index contributed by atoms with van der Waals surface area (Å²) in [4.78, 5) is 10.1. The molecule has 0 heterocycles. The molecular weight excluding hydrogens is 251 g/mol. The van der Waals surface area contributed by atoms with Crippen molar-refractivity contribution >= 4 is 23.0 Å². The van der Waals surface area contributed by atoms with Crippen LogP contribution in [-0.4, -0.2) is 24.7 Å². The molecular formula is C10H12ClFN2O3. The maximum absolute atomic E-state index is 13.2. The van der Waals surface area contributed by atoms with Crippen molar-refractivity contribution in [3.63, 3.8) is 0 Å². The fraction of sp³-hybridized carbons (Fsp3) is 0.400. The van der Waals surface area contributed by atoms with Crippen molar-refractivity contribution in [1.29, 1.82) is 0 Å². The third-order valence-electron chi connectivity index (χ3n) is 2.22. The molecule has 1 aromatic rings. The van der Waals surface area contributed by atoms with Gasteiger partial charge in [-0.25, -0.2) is 4.39 Å². The minimum Gasteiger partial charge on any atom is -0.380 e. The molecule has 0 aliphatic carbocycles. The first-order valence-electron chi connectivity index (χ1n) is 4.85. The summed E-state index contributed by atoms with van der Waals surface area (Å²) in [5.74, 6) is -0.704. The van der Waals surface area contributed by atoms with Crippen molar-refractivity contribution in [2.45, 2.75) is 13.0 Å². The van der Waals surface area contributed by atoms with E-state index in [0.29, 0.717) is 6.54 Å². The molecule has 1 unspecified atom stereocenters. The summed E-state index contributed by atoms with van der Waals surface area (Å²) in [6.45, 7) is 2.11. The molecule has 0 fully saturated rings. The van der Waals surface area contributed by atoms with E-state index < -0.39 is 10.7 Å². The number of halogens is 2. The van der Waals surface area contributed by atoms with E-state index in [1.165, 1.54) is 7.11 Å². The number of hydrogen-bond acceptors (Lipinski definition) is 4.